The van der Waals surface area contributed by atoms with Crippen LogP contribution in [-0.4, -0.2) is 34.1 Å². The highest BCUT2D eigenvalue weighted by Gasteiger charge is 2.30. The molecular formula is C19H21N3O2S. The third-order valence-electron chi connectivity index (χ3n) is 4.38. The molecule has 130 valence electrons. The van der Waals surface area contributed by atoms with Crippen molar-refractivity contribution in [2.75, 3.05) is 13.2 Å². The molecule has 2 N–H and O–H groups in total. The number of aliphatic hydroxyl groups excluding tert-OH is 1. The summed E-state index contributed by atoms with van der Waals surface area (Å²) in [5, 5.41) is 13.1. The van der Waals surface area contributed by atoms with Gasteiger partial charge in [0.1, 0.15) is 10.3 Å². The molecule has 0 radical (unpaired) electrons. The van der Waals surface area contributed by atoms with Crippen LogP contribution >= 0.6 is 11.3 Å². The zero-order chi connectivity index (χ0) is 17.9. The van der Waals surface area contributed by atoms with Gasteiger partial charge in [0.2, 0.25) is 0 Å². The number of hydrogen-bond acceptors (Lipinski definition) is 5. The first-order valence-electron chi connectivity index (χ1n) is 8.17. The topological polar surface area (TPSA) is 75.1 Å². The van der Waals surface area contributed by atoms with Gasteiger partial charge >= 0.3 is 0 Å². The number of amides is 1. The van der Waals surface area contributed by atoms with Crippen molar-refractivity contribution in [2.45, 2.75) is 19.8 Å². The summed E-state index contributed by atoms with van der Waals surface area (Å²) in [6.45, 7) is 4.46. The lowest BCUT2D eigenvalue weighted by Crippen LogP contribution is -2.36. The van der Waals surface area contributed by atoms with Crippen molar-refractivity contribution < 1.29 is 9.90 Å². The fraction of sp³-hybridized carbons (Fsp3) is 0.316. The second-order valence-corrected chi connectivity index (χ2v) is 7.64. The van der Waals surface area contributed by atoms with Crippen molar-refractivity contribution >= 4 is 27.6 Å². The second-order valence-electron chi connectivity index (χ2n) is 6.67. The van der Waals surface area contributed by atoms with Gasteiger partial charge in [-0.1, -0.05) is 55.5 Å². The number of carbonyl (C=O) groups is 1. The van der Waals surface area contributed by atoms with E-state index in [-0.39, 0.29) is 23.8 Å². The fourth-order valence-corrected chi connectivity index (χ4v) is 3.60. The molecule has 0 spiro atoms. The quantitative estimate of drug-likeness (QED) is 0.712. The Hall–Kier alpha value is -2.31. The molecular weight excluding hydrogens is 334 g/mol. The third-order valence-corrected chi connectivity index (χ3v) is 5.36. The van der Waals surface area contributed by atoms with E-state index in [1.807, 2.05) is 50.2 Å². The van der Waals surface area contributed by atoms with Crippen LogP contribution in [0, 0.1) is 5.41 Å². The number of hydrogen-bond donors (Lipinski definition) is 2. The largest absolute Gasteiger partial charge is 0.396 e. The minimum atomic E-state index is -0.357. The molecule has 0 saturated carbocycles. The van der Waals surface area contributed by atoms with E-state index >= 15 is 0 Å². The predicted molar refractivity (Wildman–Crippen MR) is 99.8 cm³/mol. The van der Waals surface area contributed by atoms with Gasteiger partial charge in [-0.2, -0.15) is 0 Å². The Morgan fingerprint density at radius 2 is 2.00 bits per heavy atom. The van der Waals surface area contributed by atoms with Crippen LogP contribution in [-0.2, 0) is 0 Å². The van der Waals surface area contributed by atoms with Crippen LogP contribution in [0.3, 0.4) is 0 Å². The first kappa shape index (κ1) is 17.5. The molecule has 0 bridgehead atoms. The molecule has 2 aromatic heterocycles. The number of fused-ring (bicyclic) bond motifs is 1. The highest BCUT2D eigenvalue weighted by molar-refractivity contribution is 7.19. The van der Waals surface area contributed by atoms with Crippen molar-refractivity contribution in [1.29, 1.82) is 0 Å². The molecule has 0 aliphatic carbocycles. The second kappa shape index (κ2) is 7.29. The van der Waals surface area contributed by atoms with E-state index in [2.05, 4.69) is 15.3 Å². The lowest BCUT2D eigenvalue weighted by Gasteiger charge is -2.33. The van der Waals surface area contributed by atoms with E-state index in [1.165, 1.54) is 11.3 Å². The Bertz CT molecular complexity index is 828. The SMILES string of the molecule is CC(C)(CO)[C@H](CNC(=O)c1nc2cccnc2s1)c1ccccc1. The van der Waals surface area contributed by atoms with Crippen LogP contribution in [0.5, 0.6) is 0 Å². The van der Waals surface area contributed by atoms with Crippen LogP contribution in [0.15, 0.2) is 48.7 Å². The van der Waals surface area contributed by atoms with Gasteiger partial charge in [0.15, 0.2) is 5.01 Å². The molecule has 1 atom stereocenters. The lowest BCUT2D eigenvalue weighted by molar-refractivity contribution is 0.0920. The minimum absolute atomic E-state index is 0.00449. The van der Waals surface area contributed by atoms with E-state index in [1.54, 1.807) is 12.3 Å². The molecule has 6 heteroatoms. The first-order chi connectivity index (χ1) is 12.0. The van der Waals surface area contributed by atoms with Crippen LogP contribution in [0.1, 0.15) is 35.1 Å². The Balaban J connectivity index is 1.77. The van der Waals surface area contributed by atoms with Crippen LogP contribution in [0.25, 0.3) is 10.3 Å². The summed E-state index contributed by atoms with van der Waals surface area (Å²) in [4.78, 5) is 21.8. The van der Waals surface area contributed by atoms with E-state index in [4.69, 9.17) is 0 Å². The number of thiazole rings is 1. The number of nitrogens with one attached hydrogen (secondary N) is 1. The molecule has 3 aromatic rings. The average molecular weight is 355 g/mol. The molecule has 0 saturated heterocycles. The van der Waals surface area contributed by atoms with Crippen LogP contribution < -0.4 is 5.32 Å². The Kier molecular flexibility index (Phi) is 5.11. The molecule has 5 nitrogen and oxygen atoms in total. The van der Waals surface area contributed by atoms with Gasteiger partial charge in [-0.25, -0.2) is 9.97 Å². The van der Waals surface area contributed by atoms with Gasteiger partial charge in [0.25, 0.3) is 5.91 Å². The standard InChI is InChI=1S/C19H21N3O2S/c1-19(2,12-23)14(13-7-4-3-5-8-13)11-21-16(24)18-22-15-9-6-10-20-17(15)25-18/h3-10,14,23H,11-12H2,1-2H3,(H,21,24)/t14-/m1/s1. The van der Waals surface area contributed by atoms with Crippen molar-refractivity contribution in [1.82, 2.24) is 15.3 Å². The van der Waals surface area contributed by atoms with Crippen LogP contribution in [0.4, 0.5) is 0 Å². The van der Waals surface area contributed by atoms with Crippen molar-refractivity contribution in [3.05, 3.63) is 59.2 Å². The third kappa shape index (κ3) is 3.86. The molecule has 1 amide bonds. The Morgan fingerprint density at radius 3 is 2.68 bits per heavy atom. The summed E-state index contributed by atoms with van der Waals surface area (Å²) in [6.07, 6.45) is 1.69. The molecule has 1 aromatic carbocycles. The summed E-state index contributed by atoms with van der Waals surface area (Å²) < 4.78 is 0. The van der Waals surface area contributed by atoms with Crippen molar-refractivity contribution in [3.8, 4) is 0 Å². The number of pyridine rings is 1. The number of rotatable bonds is 6. The molecule has 25 heavy (non-hydrogen) atoms. The molecule has 0 aliphatic heterocycles. The predicted octanol–water partition coefficient (Wildman–Crippen LogP) is 3.22. The lowest BCUT2D eigenvalue weighted by atomic mass is 9.75. The first-order valence-corrected chi connectivity index (χ1v) is 8.98. The van der Waals surface area contributed by atoms with Crippen molar-refractivity contribution in [3.63, 3.8) is 0 Å². The summed E-state index contributed by atoms with van der Waals surface area (Å²) in [6, 6.07) is 13.6. The van der Waals surface area contributed by atoms with Crippen molar-refractivity contribution in [2.24, 2.45) is 5.41 Å². The highest BCUT2D eigenvalue weighted by Crippen LogP contribution is 2.34. The van der Waals surface area contributed by atoms with E-state index in [0.29, 0.717) is 11.6 Å². The summed E-state index contributed by atoms with van der Waals surface area (Å²) in [7, 11) is 0. The Morgan fingerprint density at radius 1 is 1.24 bits per heavy atom. The van der Waals surface area contributed by atoms with E-state index in [9.17, 15) is 9.90 Å². The maximum atomic E-state index is 12.5. The van der Waals surface area contributed by atoms with E-state index in [0.717, 1.165) is 15.9 Å². The van der Waals surface area contributed by atoms with Crippen LogP contribution in [0.2, 0.25) is 0 Å². The molecule has 0 unspecified atom stereocenters. The zero-order valence-corrected chi connectivity index (χ0v) is 15.1. The van der Waals surface area contributed by atoms with Gasteiger partial charge in [-0.15, -0.1) is 0 Å². The minimum Gasteiger partial charge on any atom is -0.396 e. The number of carbonyl (C=O) groups excluding carboxylic acids is 1. The number of benzene rings is 1. The zero-order valence-electron chi connectivity index (χ0n) is 14.3. The highest BCUT2D eigenvalue weighted by atomic mass is 32.1. The summed E-state index contributed by atoms with van der Waals surface area (Å²) in [5.74, 6) is -0.215. The van der Waals surface area contributed by atoms with Gasteiger partial charge < -0.3 is 10.4 Å². The van der Waals surface area contributed by atoms with Gasteiger partial charge in [-0.05, 0) is 23.1 Å². The smallest absolute Gasteiger partial charge is 0.280 e. The average Bonchev–Trinajstić information content (AvgIpc) is 3.07. The monoisotopic (exact) mass is 355 g/mol. The molecule has 3 rings (SSSR count). The molecule has 2 heterocycles. The summed E-state index contributed by atoms with van der Waals surface area (Å²) >= 11 is 1.28. The van der Waals surface area contributed by atoms with Gasteiger partial charge in [0.05, 0.1) is 0 Å². The summed E-state index contributed by atoms with van der Waals surface area (Å²) in [5.41, 5.74) is 1.46. The maximum Gasteiger partial charge on any atom is 0.280 e. The van der Waals surface area contributed by atoms with E-state index < -0.39 is 0 Å². The van der Waals surface area contributed by atoms with Gasteiger partial charge in [-0.3, -0.25) is 4.79 Å². The number of aromatic nitrogens is 2. The maximum absolute atomic E-state index is 12.5. The normalized spacial score (nSPS) is 12.9. The van der Waals surface area contributed by atoms with Gasteiger partial charge in [0, 0.05) is 25.3 Å². The number of aliphatic hydroxyl groups is 1. The molecule has 0 fully saturated rings. The molecule has 0 aliphatic rings. The fourth-order valence-electron chi connectivity index (χ4n) is 2.78. The number of nitrogens with zero attached hydrogens (tertiary/aromatic N) is 2. The Labute approximate surface area is 150 Å².